The number of aromatic nitrogens is 2. The lowest BCUT2D eigenvalue weighted by atomic mass is 9.97. The number of nitrogens with one attached hydrogen (secondary N) is 1. The number of allylic oxidation sites excluding steroid dienone is 2. The van der Waals surface area contributed by atoms with Crippen molar-refractivity contribution >= 4 is 45.9 Å². The molecule has 5 nitrogen and oxygen atoms in total. The second-order valence-corrected chi connectivity index (χ2v) is 9.04. The second kappa shape index (κ2) is 10.3. The number of benzene rings is 2. The molecule has 1 amide bonds. The first-order chi connectivity index (χ1) is 15.5. The predicted octanol–water partition coefficient (Wildman–Crippen LogP) is 5.81. The largest absolute Gasteiger partial charge is 0.324 e. The number of nitrogens with zero attached hydrogens (tertiary/aromatic N) is 2. The maximum Gasteiger partial charge on any atom is 0.262 e. The molecule has 1 N–H and O–H groups in total. The van der Waals surface area contributed by atoms with Gasteiger partial charge >= 0.3 is 0 Å². The van der Waals surface area contributed by atoms with E-state index in [2.05, 4.69) is 16.4 Å². The van der Waals surface area contributed by atoms with Gasteiger partial charge in [0.2, 0.25) is 5.91 Å². The van der Waals surface area contributed by atoms with Crippen LogP contribution in [0, 0.1) is 5.82 Å². The highest BCUT2D eigenvalue weighted by molar-refractivity contribution is 7.99. The lowest BCUT2D eigenvalue weighted by Crippen LogP contribution is -2.24. The summed E-state index contributed by atoms with van der Waals surface area (Å²) < 4.78 is 14.9. The van der Waals surface area contributed by atoms with Gasteiger partial charge in [-0.2, -0.15) is 0 Å². The number of hydrogen-bond donors (Lipinski definition) is 1. The Morgan fingerprint density at radius 1 is 1.22 bits per heavy atom. The van der Waals surface area contributed by atoms with Crippen molar-refractivity contribution in [1.29, 1.82) is 0 Å². The van der Waals surface area contributed by atoms with E-state index in [1.54, 1.807) is 16.7 Å². The molecule has 4 rings (SSSR count). The van der Waals surface area contributed by atoms with Crippen molar-refractivity contribution < 1.29 is 9.18 Å². The molecule has 1 heterocycles. The van der Waals surface area contributed by atoms with E-state index in [4.69, 9.17) is 11.6 Å². The fourth-order valence-electron chi connectivity index (χ4n) is 3.75. The summed E-state index contributed by atoms with van der Waals surface area (Å²) in [6, 6.07) is 11.0. The van der Waals surface area contributed by atoms with Gasteiger partial charge in [-0.15, -0.1) is 0 Å². The van der Waals surface area contributed by atoms with E-state index in [-0.39, 0.29) is 22.2 Å². The van der Waals surface area contributed by atoms with Crippen molar-refractivity contribution in [1.82, 2.24) is 9.55 Å². The van der Waals surface area contributed by atoms with E-state index in [0.717, 1.165) is 25.3 Å². The van der Waals surface area contributed by atoms with E-state index in [0.29, 0.717) is 28.3 Å². The lowest BCUT2D eigenvalue weighted by molar-refractivity contribution is -0.113. The molecule has 32 heavy (non-hydrogen) atoms. The molecule has 1 aromatic heterocycles. The Morgan fingerprint density at radius 2 is 2.06 bits per heavy atom. The normalized spacial score (nSPS) is 13.8. The summed E-state index contributed by atoms with van der Waals surface area (Å²) in [5, 5.41) is 3.88. The van der Waals surface area contributed by atoms with Crippen molar-refractivity contribution in [2.75, 3.05) is 11.1 Å². The van der Waals surface area contributed by atoms with Crippen LogP contribution >= 0.6 is 23.4 Å². The molecule has 1 aliphatic rings. The standard InChI is InChI=1S/C24H23ClFN3O2S/c25-19-14-17(26)10-11-21(19)27-22(30)15-32-24-28-20-9-5-4-8-18(20)23(31)29(24)13-12-16-6-2-1-3-7-16/h4-6,8-11,14H,1-3,7,12-13,15H2,(H,27,30). The van der Waals surface area contributed by atoms with Crippen molar-refractivity contribution in [3.8, 4) is 0 Å². The Balaban J connectivity index is 1.54. The number of amides is 1. The van der Waals surface area contributed by atoms with E-state index in [9.17, 15) is 14.0 Å². The monoisotopic (exact) mass is 471 g/mol. The smallest absolute Gasteiger partial charge is 0.262 e. The third-order valence-electron chi connectivity index (χ3n) is 5.41. The van der Waals surface area contributed by atoms with E-state index >= 15 is 0 Å². The molecule has 0 saturated carbocycles. The molecular formula is C24H23ClFN3O2S. The van der Waals surface area contributed by atoms with Gasteiger partial charge in [-0.3, -0.25) is 14.2 Å². The number of hydrogen-bond acceptors (Lipinski definition) is 4. The first-order valence-corrected chi connectivity index (χ1v) is 11.9. The average Bonchev–Trinajstić information content (AvgIpc) is 2.80. The minimum Gasteiger partial charge on any atom is -0.324 e. The predicted molar refractivity (Wildman–Crippen MR) is 128 cm³/mol. The van der Waals surface area contributed by atoms with Gasteiger partial charge in [-0.1, -0.05) is 47.1 Å². The molecule has 8 heteroatoms. The molecule has 166 valence electrons. The molecule has 0 fully saturated rings. The minimum atomic E-state index is -0.472. The number of carbonyl (C=O) groups is 1. The number of para-hydroxylation sites is 1. The van der Waals surface area contributed by atoms with Crippen LogP contribution in [0.4, 0.5) is 10.1 Å². The van der Waals surface area contributed by atoms with Crippen molar-refractivity contribution in [2.24, 2.45) is 0 Å². The summed E-state index contributed by atoms with van der Waals surface area (Å²) in [6.45, 7) is 0.524. The Kier molecular flexibility index (Phi) is 7.27. The second-order valence-electron chi connectivity index (χ2n) is 7.69. The average molecular weight is 472 g/mol. The zero-order valence-electron chi connectivity index (χ0n) is 17.4. The van der Waals surface area contributed by atoms with Crippen LogP contribution in [-0.4, -0.2) is 21.2 Å². The summed E-state index contributed by atoms with van der Waals surface area (Å²) in [7, 11) is 0. The van der Waals surface area contributed by atoms with Gasteiger partial charge < -0.3 is 5.32 Å². The number of halogens is 2. The number of carbonyl (C=O) groups excluding carboxylic acids is 1. The molecule has 0 bridgehead atoms. The Bertz CT molecular complexity index is 1240. The number of fused-ring (bicyclic) bond motifs is 1. The summed E-state index contributed by atoms with van der Waals surface area (Å²) in [5.41, 5.74) is 2.22. The van der Waals surface area contributed by atoms with Gasteiger partial charge in [0, 0.05) is 6.54 Å². The topological polar surface area (TPSA) is 64.0 Å². The van der Waals surface area contributed by atoms with Gasteiger partial charge in [0.05, 0.1) is 27.4 Å². The number of thioether (sulfide) groups is 1. The number of anilines is 1. The highest BCUT2D eigenvalue weighted by Gasteiger charge is 2.15. The fourth-order valence-corrected chi connectivity index (χ4v) is 4.79. The molecule has 1 aliphatic carbocycles. The third kappa shape index (κ3) is 5.40. The van der Waals surface area contributed by atoms with Crippen LogP contribution in [0.25, 0.3) is 10.9 Å². The maximum absolute atomic E-state index is 13.2. The molecule has 0 atom stereocenters. The van der Waals surface area contributed by atoms with Crippen LogP contribution in [0.2, 0.25) is 5.02 Å². The molecule has 0 saturated heterocycles. The zero-order chi connectivity index (χ0) is 22.5. The van der Waals surface area contributed by atoms with Gasteiger partial charge in [0.15, 0.2) is 5.16 Å². The van der Waals surface area contributed by atoms with E-state index < -0.39 is 5.82 Å². The SMILES string of the molecule is O=C(CSc1nc2ccccc2c(=O)n1CCC1=CCCCC1)Nc1ccc(F)cc1Cl. The molecule has 2 aromatic carbocycles. The molecule has 0 unspecified atom stereocenters. The van der Waals surface area contributed by atoms with Gasteiger partial charge in [0.25, 0.3) is 5.56 Å². The Morgan fingerprint density at radius 3 is 2.84 bits per heavy atom. The van der Waals surface area contributed by atoms with Gasteiger partial charge in [-0.25, -0.2) is 9.37 Å². The lowest BCUT2D eigenvalue weighted by Gasteiger charge is -2.16. The van der Waals surface area contributed by atoms with Crippen LogP contribution in [0.3, 0.4) is 0 Å². The number of rotatable bonds is 7. The van der Waals surface area contributed by atoms with Gasteiger partial charge in [0.1, 0.15) is 5.82 Å². The van der Waals surface area contributed by atoms with E-state index in [1.807, 2.05) is 12.1 Å². The van der Waals surface area contributed by atoms with Crippen molar-refractivity contribution in [3.05, 3.63) is 75.3 Å². The summed E-state index contributed by atoms with van der Waals surface area (Å²) in [4.78, 5) is 30.3. The van der Waals surface area contributed by atoms with Gasteiger partial charge in [-0.05, 0) is 62.4 Å². The summed E-state index contributed by atoms with van der Waals surface area (Å²) >= 11 is 7.19. The first-order valence-electron chi connectivity index (χ1n) is 10.6. The van der Waals surface area contributed by atoms with Crippen LogP contribution in [-0.2, 0) is 11.3 Å². The molecule has 0 spiro atoms. The third-order valence-corrected chi connectivity index (χ3v) is 6.69. The van der Waals surface area contributed by atoms with Crippen molar-refractivity contribution in [3.63, 3.8) is 0 Å². The molecular weight excluding hydrogens is 449 g/mol. The Hall–Kier alpha value is -2.64. The van der Waals surface area contributed by atoms with Crippen LogP contribution in [0.1, 0.15) is 32.1 Å². The first kappa shape index (κ1) is 22.6. The van der Waals surface area contributed by atoms with Crippen LogP contribution in [0.15, 0.2) is 64.1 Å². The molecule has 0 radical (unpaired) electrons. The highest BCUT2D eigenvalue weighted by Crippen LogP contribution is 2.25. The minimum absolute atomic E-state index is 0.0428. The summed E-state index contributed by atoms with van der Waals surface area (Å²) in [6.07, 6.45) is 7.63. The Labute approximate surface area is 194 Å². The fraction of sp³-hybridized carbons (Fsp3) is 0.292. The summed E-state index contributed by atoms with van der Waals surface area (Å²) in [5.74, 6) is -0.742. The van der Waals surface area contributed by atoms with Crippen LogP contribution < -0.4 is 10.9 Å². The maximum atomic E-state index is 13.2. The van der Waals surface area contributed by atoms with E-state index in [1.165, 1.54) is 42.3 Å². The zero-order valence-corrected chi connectivity index (χ0v) is 19.0. The quantitative estimate of drug-likeness (QED) is 0.268. The van der Waals surface area contributed by atoms with Crippen molar-refractivity contribution in [2.45, 2.75) is 43.8 Å². The van der Waals surface area contributed by atoms with Crippen LogP contribution in [0.5, 0.6) is 0 Å². The highest BCUT2D eigenvalue weighted by atomic mass is 35.5. The molecule has 3 aromatic rings. The molecule has 0 aliphatic heterocycles.